The maximum absolute atomic E-state index is 12.1. The summed E-state index contributed by atoms with van der Waals surface area (Å²) in [6.07, 6.45) is 0. The van der Waals surface area contributed by atoms with Crippen LogP contribution in [0.2, 0.25) is 5.02 Å². The van der Waals surface area contributed by atoms with Crippen LogP contribution in [0.4, 0.5) is 5.69 Å². The number of hydrogen-bond acceptors (Lipinski definition) is 4. The first-order valence-electron chi connectivity index (χ1n) is 5.04. The number of rotatable bonds is 3. The minimum atomic E-state index is -0.598. The molecule has 1 aromatic carbocycles. The Morgan fingerprint density at radius 3 is 2.61 bits per heavy atom. The predicted molar refractivity (Wildman–Crippen MR) is 70.6 cm³/mol. The first kappa shape index (κ1) is 12.7. The number of nitrogens with zero attached hydrogens (tertiary/aromatic N) is 1. The minimum absolute atomic E-state index is 0.0268. The smallest absolute Gasteiger partial charge is 0.288 e. The molecule has 0 N–H and O–H groups in total. The van der Waals surface area contributed by atoms with Gasteiger partial charge in [0.25, 0.3) is 5.69 Å². The van der Waals surface area contributed by atoms with Crippen molar-refractivity contribution in [2.45, 2.75) is 6.92 Å². The lowest BCUT2D eigenvalue weighted by Crippen LogP contribution is -2.00. The van der Waals surface area contributed by atoms with E-state index in [1.165, 1.54) is 29.5 Å². The second-order valence-electron chi connectivity index (χ2n) is 3.66. The highest BCUT2D eigenvalue weighted by Crippen LogP contribution is 2.27. The molecule has 0 spiro atoms. The Morgan fingerprint density at radius 1 is 1.33 bits per heavy atom. The van der Waals surface area contributed by atoms with Gasteiger partial charge in [0.1, 0.15) is 5.02 Å². The van der Waals surface area contributed by atoms with Gasteiger partial charge in [0.15, 0.2) is 0 Å². The van der Waals surface area contributed by atoms with Crippen molar-refractivity contribution >= 4 is 34.4 Å². The molecule has 6 heteroatoms. The second kappa shape index (κ2) is 4.88. The van der Waals surface area contributed by atoms with Crippen molar-refractivity contribution in [3.63, 3.8) is 0 Å². The Bertz CT molecular complexity index is 636. The van der Waals surface area contributed by atoms with Crippen molar-refractivity contribution in [2.75, 3.05) is 0 Å². The van der Waals surface area contributed by atoms with E-state index in [9.17, 15) is 14.9 Å². The zero-order valence-electron chi connectivity index (χ0n) is 9.34. The Labute approximate surface area is 112 Å². The third-order valence-electron chi connectivity index (χ3n) is 2.37. The number of aryl methyl sites for hydroxylation is 1. The molecule has 4 nitrogen and oxygen atoms in total. The molecule has 0 bridgehead atoms. The van der Waals surface area contributed by atoms with Crippen LogP contribution in [0.1, 0.15) is 20.1 Å². The molecule has 1 heterocycles. The average Bonchev–Trinajstić information content (AvgIpc) is 2.75. The SMILES string of the molecule is Cc1ccc(C(=O)c2ccc(Cl)c([N+](=O)[O-])c2)s1. The van der Waals surface area contributed by atoms with Crippen LogP contribution in [0, 0.1) is 17.0 Å². The molecule has 1 aromatic heterocycles. The van der Waals surface area contributed by atoms with E-state index in [0.717, 1.165) is 4.88 Å². The number of hydrogen-bond donors (Lipinski definition) is 0. The lowest BCUT2D eigenvalue weighted by Gasteiger charge is -2.00. The molecule has 92 valence electrons. The van der Waals surface area contributed by atoms with Crippen molar-refractivity contribution in [1.82, 2.24) is 0 Å². The molecule has 2 rings (SSSR count). The van der Waals surface area contributed by atoms with E-state index < -0.39 is 4.92 Å². The normalized spacial score (nSPS) is 10.3. The van der Waals surface area contributed by atoms with Crippen LogP contribution in [0.5, 0.6) is 0 Å². The molecule has 0 aliphatic heterocycles. The van der Waals surface area contributed by atoms with Crippen LogP contribution >= 0.6 is 22.9 Å². The lowest BCUT2D eigenvalue weighted by molar-refractivity contribution is -0.384. The van der Waals surface area contributed by atoms with Crippen LogP contribution in [0.15, 0.2) is 30.3 Å². The van der Waals surface area contributed by atoms with E-state index in [2.05, 4.69) is 0 Å². The molecule has 0 saturated heterocycles. The fourth-order valence-corrected chi connectivity index (χ4v) is 2.51. The quantitative estimate of drug-likeness (QED) is 0.488. The topological polar surface area (TPSA) is 60.2 Å². The summed E-state index contributed by atoms with van der Waals surface area (Å²) in [5.74, 6) is -0.229. The van der Waals surface area contributed by atoms with Gasteiger partial charge in [-0.25, -0.2) is 0 Å². The molecule has 0 saturated carbocycles. The van der Waals surface area contributed by atoms with Gasteiger partial charge >= 0.3 is 0 Å². The number of nitro benzene ring substituents is 1. The molecule has 0 aliphatic carbocycles. The molecular formula is C12H8ClNO3S. The number of benzene rings is 1. The minimum Gasteiger partial charge on any atom is -0.288 e. The first-order valence-corrected chi connectivity index (χ1v) is 6.23. The Hall–Kier alpha value is -1.72. The zero-order valence-corrected chi connectivity index (χ0v) is 10.9. The maximum atomic E-state index is 12.1. The number of thiophene rings is 1. The van der Waals surface area contributed by atoms with Gasteiger partial charge in [-0.2, -0.15) is 0 Å². The predicted octanol–water partition coefficient (Wildman–Crippen LogP) is 3.85. The highest BCUT2D eigenvalue weighted by atomic mass is 35.5. The number of nitro groups is 1. The summed E-state index contributed by atoms with van der Waals surface area (Å²) >= 11 is 7.05. The first-order chi connectivity index (χ1) is 8.49. The molecule has 0 amide bonds. The van der Waals surface area contributed by atoms with Crippen LogP contribution in [-0.2, 0) is 0 Å². The van der Waals surface area contributed by atoms with Crippen molar-refractivity contribution in [2.24, 2.45) is 0 Å². The van der Waals surface area contributed by atoms with Crippen molar-refractivity contribution in [3.8, 4) is 0 Å². The monoisotopic (exact) mass is 281 g/mol. The van der Waals surface area contributed by atoms with E-state index in [1.54, 1.807) is 6.07 Å². The van der Waals surface area contributed by atoms with E-state index in [0.29, 0.717) is 4.88 Å². The maximum Gasteiger partial charge on any atom is 0.288 e. The van der Waals surface area contributed by atoms with Crippen molar-refractivity contribution < 1.29 is 9.72 Å². The summed E-state index contributed by atoms with van der Waals surface area (Å²) in [4.78, 5) is 23.8. The lowest BCUT2D eigenvalue weighted by atomic mass is 10.1. The van der Waals surface area contributed by atoms with E-state index in [-0.39, 0.29) is 22.1 Å². The van der Waals surface area contributed by atoms with Gasteiger partial charge in [-0.1, -0.05) is 11.6 Å². The van der Waals surface area contributed by atoms with Crippen LogP contribution in [0.25, 0.3) is 0 Å². The standard InChI is InChI=1S/C12H8ClNO3S/c1-7-2-5-11(18-7)12(15)8-3-4-9(13)10(6-8)14(16)17/h2-6H,1H3. The van der Waals surface area contributed by atoms with Gasteiger partial charge in [-0.15, -0.1) is 11.3 Å². The highest BCUT2D eigenvalue weighted by Gasteiger charge is 2.18. The van der Waals surface area contributed by atoms with Crippen molar-refractivity contribution in [3.05, 3.63) is 60.8 Å². The van der Waals surface area contributed by atoms with Gasteiger partial charge in [0.2, 0.25) is 5.78 Å². The number of halogens is 1. The molecule has 0 fully saturated rings. The van der Waals surface area contributed by atoms with E-state index >= 15 is 0 Å². The average molecular weight is 282 g/mol. The third-order valence-corrected chi connectivity index (χ3v) is 3.69. The number of carbonyl (C=O) groups excluding carboxylic acids is 1. The Balaban J connectivity index is 2.43. The van der Waals surface area contributed by atoms with Crippen LogP contribution in [0.3, 0.4) is 0 Å². The fraction of sp³-hybridized carbons (Fsp3) is 0.0833. The van der Waals surface area contributed by atoms with E-state index in [1.807, 2.05) is 13.0 Å². The van der Waals surface area contributed by atoms with Gasteiger partial charge in [0.05, 0.1) is 9.80 Å². The molecule has 0 unspecified atom stereocenters. The van der Waals surface area contributed by atoms with Crippen LogP contribution < -0.4 is 0 Å². The summed E-state index contributed by atoms with van der Waals surface area (Å²) in [7, 11) is 0. The molecule has 18 heavy (non-hydrogen) atoms. The summed E-state index contributed by atoms with van der Waals surface area (Å²) in [5.41, 5.74) is 0.0174. The van der Waals surface area contributed by atoms with Gasteiger partial charge < -0.3 is 0 Å². The second-order valence-corrected chi connectivity index (χ2v) is 5.36. The van der Waals surface area contributed by atoms with E-state index in [4.69, 9.17) is 11.6 Å². The highest BCUT2D eigenvalue weighted by molar-refractivity contribution is 7.14. The van der Waals surface area contributed by atoms with Gasteiger partial charge in [-0.05, 0) is 31.2 Å². The summed E-state index contributed by atoms with van der Waals surface area (Å²) in [6, 6.07) is 7.62. The zero-order chi connectivity index (χ0) is 13.3. The molecule has 0 aliphatic rings. The number of ketones is 1. The largest absolute Gasteiger partial charge is 0.288 e. The molecule has 2 aromatic rings. The van der Waals surface area contributed by atoms with Gasteiger partial charge in [0, 0.05) is 16.5 Å². The van der Waals surface area contributed by atoms with Gasteiger partial charge in [-0.3, -0.25) is 14.9 Å². The number of carbonyl (C=O) groups is 1. The van der Waals surface area contributed by atoms with Crippen molar-refractivity contribution in [1.29, 1.82) is 0 Å². The Kier molecular flexibility index (Phi) is 3.45. The Morgan fingerprint density at radius 2 is 2.06 bits per heavy atom. The summed E-state index contributed by atoms with van der Waals surface area (Å²) in [6.45, 7) is 1.89. The molecule has 0 radical (unpaired) electrons. The third kappa shape index (κ3) is 2.42. The summed E-state index contributed by atoms with van der Waals surface area (Å²) < 4.78 is 0. The van der Waals surface area contributed by atoms with Crippen LogP contribution in [-0.4, -0.2) is 10.7 Å². The fourth-order valence-electron chi connectivity index (χ4n) is 1.49. The molecular weight excluding hydrogens is 274 g/mol. The molecule has 0 atom stereocenters. The summed E-state index contributed by atoms with van der Waals surface area (Å²) in [5, 5.41) is 10.8.